The average molecular weight is 350 g/mol. The smallest absolute Gasteiger partial charge is 0.234 e. The summed E-state index contributed by atoms with van der Waals surface area (Å²) in [5.74, 6) is 1.11. The minimum absolute atomic E-state index is 0.0294. The third kappa shape index (κ3) is 3.21. The molecular weight excluding hydrogens is 324 g/mol. The fourth-order valence-electron chi connectivity index (χ4n) is 4.21. The van der Waals surface area contributed by atoms with Crippen LogP contribution in [0, 0.1) is 5.92 Å². The number of amides is 1. The predicted molar refractivity (Wildman–Crippen MR) is 103 cm³/mol. The van der Waals surface area contributed by atoms with E-state index in [1.165, 1.54) is 24.8 Å². The molecule has 4 nitrogen and oxygen atoms in total. The second kappa shape index (κ2) is 7.50. The molecule has 4 heteroatoms. The zero-order chi connectivity index (χ0) is 17.9. The first-order valence-corrected chi connectivity index (χ1v) is 9.52. The van der Waals surface area contributed by atoms with Crippen LogP contribution in [0.4, 0.5) is 5.69 Å². The van der Waals surface area contributed by atoms with Crippen LogP contribution < -0.4 is 9.64 Å². The molecule has 2 aromatic carbocycles. The highest BCUT2D eigenvalue weighted by atomic mass is 16.5. The van der Waals surface area contributed by atoms with Crippen molar-refractivity contribution in [3.05, 3.63) is 60.2 Å². The van der Waals surface area contributed by atoms with E-state index < -0.39 is 0 Å². The van der Waals surface area contributed by atoms with Gasteiger partial charge in [0.1, 0.15) is 5.75 Å². The van der Waals surface area contributed by atoms with E-state index in [2.05, 4.69) is 17.0 Å². The van der Waals surface area contributed by atoms with Crippen LogP contribution in [0.2, 0.25) is 0 Å². The number of carbonyl (C=O) groups is 1. The lowest BCUT2D eigenvalue weighted by atomic mass is 9.81. The quantitative estimate of drug-likeness (QED) is 0.767. The Morgan fingerprint density at radius 2 is 1.65 bits per heavy atom. The van der Waals surface area contributed by atoms with Crippen LogP contribution in [0.25, 0.3) is 0 Å². The largest absolute Gasteiger partial charge is 0.497 e. The van der Waals surface area contributed by atoms with E-state index in [1.54, 1.807) is 7.11 Å². The summed E-state index contributed by atoms with van der Waals surface area (Å²) in [7, 11) is 1.68. The molecular formula is C22H26N2O2. The first-order chi connectivity index (χ1) is 12.8. The van der Waals surface area contributed by atoms with Crippen molar-refractivity contribution in [3.63, 3.8) is 0 Å². The molecule has 2 aliphatic rings. The van der Waals surface area contributed by atoms with Gasteiger partial charge in [0.2, 0.25) is 5.91 Å². The van der Waals surface area contributed by atoms with Crippen molar-refractivity contribution in [2.45, 2.75) is 25.3 Å². The van der Waals surface area contributed by atoms with Crippen molar-refractivity contribution in [3.8, 4) is 5.75 Å². The van der Waals surface area contributed by atoms with Gasteiger partial charge in [0.05, 0.1) is 19.1 Å². The summed E-state index contributed by atoms with van der Waals surface area (Å²) in [4.78, 5) is 17.4. The molecule has 26 heavy (non-hydrogen) atoms. The van der Waals surface area contributed by atoms with Gasteiger partial charge in [-0.3, -0.25) is 4.79 Å². The fourth-order valence-corrected chi connectivity index (χ4v) is 4.21. The molecule has 0 N–H and O–H groups in total. The van der Waals surface area contributed by atoms with E-state index in [1.807, 2.05) is 47.4 Å². The highest BCUT2D eigenvalue weighted by molar-refractivity contribution is 6.03. The van der Waals surface area contributed by atoms with Gasteiger partial charge in [-0.15, -0.1) is 0 Å². The zero-order valence-corrected chi connectivity index (χ0v) is 15.3. The van der Waals surface area contributed by atoms with Crippen LogP contribution in [0.1, 0.15) is 30.9 Å². The summed E-state index contributed by atoms with van der Waals surface area (Å²) in [5.41, 5.74) is 2.16. The molecule has 136 valence electrons. The molecule has 0 bridgehead atoms. The molecule has 0 aromatic heterocycles. The Morgan fingerprint density at radius 1 is 0.962 bits per heavy atom. The average Bonchev–Trinajstić information content (AvgIpc) is 2.71. The van der Waals surface area contributed by atoms with Gasteiger partial charge in [0.15, 0.2) is 0 Å². The van der Waals surface area contributed by atoms with E-state index >= 15 is 0 Å². The first-order valence-electron chi connectivity index (χ1n) is 9.52. The van der Waals surface area contributed by atoms with E-state index in [0.29, 0.717) is 0 Å². The van der Waals surface area contributed by atoms with Crippen LogP contribution in [0.5, 0.6) is 5.75 Å². The van der Waals surface area contributed by atoms with Crippen molar-refractivity contribution < 1.29 is 9.53 Å². The topological polar surface area (TPSA) is 32.8 Å². The molecule has 0 radical (unpaired) electrons. The minimum Gasteiger partial charge on any atom is -0.497 e. The molecule has 2 aliphatic heterocycles. The molecule has 2 saturated heterocycles. The Kier molecular flexibility index (Phi) is 4.93. The van der Waals surface area contributed by atoms with Gasteiger partial charge in [-0.1, -0.05) is 36.8 Å². The first kappa shape index (κ1) is 17.1. The Morgan fingerprint density at radius 3 is 2.31 bits per heavy atom. The number of ether oxygens (including phenoxy) is 1. The van der Waals surface area contributed by atoms with Gasteiger partial charge < -0.3 is 14.5 Å². The number of rotatable bonds is 5. The number of hydrogen-bond acceptors (Lipinski definition) is 3. The molecule has 0 saturated carbocycles. The summed E-state index contributed by atoms with van der Waals surface area (Å²) in [6.07, 6.45) is 3.81. The lowest BCUT2D eigenvalue weighted by Crippen LogP contribution is -2.59. The minimum atomic E-state index is 0.0294. The number of β-lactam (4-membered cyclic amide) rings is 1. The Balaban J connectivity index is 1.61. The van der Waals surface area contributed by atoms with Gasteiger partial charge in [-0.2, -0.15) is 0 Å². The van der Waals surface area contributed by atoms with Gasteiger partial charge in [-0.25, -0.2) is 0 Å². The number of methoxy groups -OCH3 is 1. The van der Waals surface area contributed by atoms with Crippen LogP contribution in [-0.2, 0) is 4.79 Å². The lowest BCUT2D eigenvalue weighted by molar-refractivity contribution is -0.131. The second-order valence-electron chi connectivity index (χ2n) is 7.23. The molecule has 0 aliphatic carbocycles. The summed E-state index contributed by atoms with van der Waals surface area (Å²) < 4.78 is 5.29. The van der Waals surface area contributed by atoms with E-state index in [4.69, 9.17) is 4.74 Å². The van der Waals surface area contributed by atoms with Crippen molar-refractivity contribution in [2.75, 3.05) is 31.6 Å². The summed E-state index contributed by atoms with van der Waals surface area (Å²) in [5, 5.41) is 0. The number of likely N-dealkylation sites (tertiary alicyclic amines) is 1. The molecule has 2 unspecified atom stereocenters. The molecule has 2 atom stereocenters. The van der Waals surface area contributed by atoms with Crippen molar-refractivity contribution >= 4 is 11.6 Å². The Hall–Kier alpha value is -2.33. The predicted octanol–water partition coefficient (Wildman–Crippen LogP) is 3.89. The maximum atomic E-state index is 13.0. The molecule has 2 aromatic rings. The van der Waals surface area contributed by atoms with Crippen molar-refractivity contribution in [1.29, 1.82) is 0 Å². The van der Waals surface area contributed by atoms with Crippen LogP contribution in [-0.4, -0.2) is 37.6 Å². The van der Waals surface area contributed by atoms with E-state index in [-0.39, 0.29) is 17.9 Å². The van der Waals surface area contributed by atoms with Crippen LogP contribution in [0.3, 0.4) is 0 Å². The van der Waals surface area contributed by atoms with Gasteiger partial charge in [0.25, 0.3) is 0 Å². The van der Waals surface area contributed by atoms with E-state index in [0.717, 1.165) is 31.1 Å². The Labute approximate surface area is 155 Å². The number of carbonyl (C=O) groups excluding carboxylic acids is 1. The summed E-state index contributed by atoms with van der Waals surface area (Å²) in [6, 6.07) is 18.3. The highest BCUT2D eigenvalue weighted by Gasteiger charge is 2.49. The van der Waals surface area contributed by atoms with Gasteiger partial charge >= 0.3 is 0 Å². The lowest BCUT2D eigenvalue weighted by Gasteiger charge is -2.49. The van der Waals surface area contributed by atoms with Crippen molar-refractivity contribution in [2.24, 2.45) is 5.92 Å². The number of para-hydroxylation sites is 1. The number of piperidine rings is 1. The summed E-state index contributed by atoms with van der Waals surface area (Å²) >= 11 is 0. The highest BCUT2D eigenvalue weighted by Crippen LogP contribution is 2.44. The second-order valence-corrected chi connectivity index (χ2v) is 7.23. The number of benzene rings is 2. The van der Waals surface area contributed by atoms with Crippen LogP contribution >= 0.6 is 0 Å². The molecule has 4 rings (SSSR count). The maximum Gasteiger partial charge on any atom is 0.234 e. The summed E-state index contributed by atoms with van der Waals surface area (Å²) in [6.45, 7) is 3.09. The maximum absolute atomic E-state index is 13.0. The van der Waals surface area contributed by atoms with E-state index in [9.17, 15) is 4.79 Å². The fraction of sp³-hybridized carbons (Fsp3) is 0.409. The molecule has 0 spiro atoms. The van der Waals surface area contributed by atoms with Crippen LogP contribution in [0.15, 0.2) is 54.6 Å². The van der Waals surface area contributed by atoms with Gasteiger partial charge in [-0.05, 0) is 55.8 Å². The third-order valence-corrected chi connectivity index (χ3v) is 5.61. The number of anilines is 1. The molecule has 2 heterocycles. The standard InChI is InChI=1S/C22H26N2O2/c1-26-19-12-10-17(11-13-19)21-20(16-23-14-6-3-7-15-23)22(25)24(21)18-8-4-2-5-9-18/h2,4-5,8-13,20-21H,3,6-7,14-16H2,1H3. The number of hydrogen-bond donors (Lipinski definition) is 0. The SMILES string of the molecule is COc1ccc(C2C(CN3CCCCC3)C(=O)N2c2ccccc2)cc1. The zero-order valence-electron chi connectivity index (χ0n) is 15.3. The van der Waals surface area contributed by atoms with Gasteiger partial charge in [0, 0.05) is 12.2 Å². The number of nitrogens with zero attached hydrogens (tertiary/aromatic N) is 2. The third-order valence-electron chi connectivity index (χ3n) is 5.61. The normalized spacial score (nSPS) is 23.6. The Bertz CT molecular complexity index is 738. The molecule has 2 fully saturated rings. The monoisotopic (exact) mass is 350 g/mol. The molecule has 1 amide bonds. The van der Waals surface area contributed by atoms with Crippen molar-refractivity contribution in [1.82, 2.24) is 4.90 Å².